The van der Waals surface area contributed by atoms with Crippen LogP contribution in [-0.2, 0) is 19.4 Å². The first-order valence-electron chi connectivity index (χ1n) is 5.38. The molecule has 1 fully saturated rings. The Morgan fingerprint density at radius 2 is 1.75 bits per heavy atom. The molecule has 0 N–H and O–H groups in total. The molecule has 0 unspecified atom stereocenters. The Bertz CT molecular complexity index is 368. The molecule has 0 aromatic carbocycles. The molecule has 92 valence electrons. The van der Waals surface area contributed by atoms with Gasteiger partial charge < -0.3 is 4.90 Å². The van der Waals surface area contributed by atoms with Crippen molar-refractivity contribution in [3.63, 3.8) is 0 Å². The van der Waals surface area contributed by atoms with E-state index >= 15 is 0 Å². The maximum atomic E-state index is 11.6. The number of Topliss-reactive ketones (excluding diaryl/α,β-unsaturated/α-hetero) is 1. The van der Waals surface area contributed by atoms with E-state index in [0.717, 1.165) is 12.8 Å². The van der Waals surface area contributed by atoms with Gasteiger partial charge >= 0.3 is 0 Å². The molecule has 16 heavy (non-hydrogen) atoms. The van der Waals surface area contributed by atoms with Crippen LogP contribution < -0.4 is 0 Å². The number of amides is 1. The van der Waals surface area contributed by atoms with Crippen LogP contribution in [0, 0.1) is 0 Å². The fourth-order valence-electron chi connectivity index (χ4n) is 1.62. The van der Waals surface area contributed by atoms with E-state index in [9.17, 15) is 18.0 Å². The molecule has 1 aliphatic rings. The molecule has 0 atom stereocenters. The Morgan fingerprint density at radius 3 is 2.25 bits per heavy atom. The Kier molecular flexibility index (Phi) is 4.46. The molecule has 0 bridgehead atoms. The molecule has 1 aliphatic heterocycles. The largest absolute Gasteiger partial charge is 0.342 e. The number of nitrogens with zero attached hydrogens (tertiary/aromatic N) is 1. The van der Waals surface area contributed by atoms with Crippen LogP contribution in [0.25, 0.3) is 0 Å². The van der Waals surface area contributed by atoms with Gasteiger partial charge in [0, 0.05) is 19.5 Å². The van der Waals surface area contributed by atoms with Gasteiger partial charge in [-0.05, 0) is 19.8 Å². The van der Waals surface area contributed by atoms with E-state index in [4.69, 9.17) is 0 Å². The number of hydrogen-bond acceptors (Lipinski definition) is 4. The molecule has 6 heteroatoms. The Labute approximate surface area is 95.7 Å². The van der Waals surface area contributed by atoms with Crippen LogP contribution in [0.2, 0.25) is 0 Å². The van der Waals surface area contributed by atoms with E-state index in [-0.39, 0.29) is 23.9 Å². The summed E-state index contributed by atoms with van der Waals surface area (Å²) >= 11 is 0. The summed E-state index contributed by atoms with van der Waals surface area (Å²) in [7, 11) is -3.43. The van der Waals surface area contributed by atoms with Crippen LogP contribution in [0.4, 0.5) is 0 Å². The van der Waals surface area contributed by atoms with Crippen LogP contribution in [0.15, 0.2) is 0 Å². The summed E-state index contributed by atoms with van der Waals surface area (Å²) in [4.78, 5) is 23.8. The van der Waals surface area contributed by atoms with Gasteiger partial charge in [-0.25, -0.2) is 8.42 Å². The standard InChI is InChI=1S/C10H17NO4S/c1-9(12)4-7-16(14,15)8-10(13)11-5-2-3-6-11/h2-8H2,1H3. The van der Waals surface area contributed by atoms with Gasteiger partial charge in [-0.1, -0.05) is 0 Å². The number of likely N-dealkylation sites (tertiary alicyclic amines) is 1. The van der Waals surface area contributed by atoms with Crippen molar-refractivity contribution in [3.05, 3.63) is 0 Å². The topological polar surface area (TPSA) is 71.5 Å². The second kappa shape index (κ2) is 5.43. The van der Waals surface area contributed by atoms with Crippen LogP contribution >= 0.6 is 0 Å². The number of rotatable bonds is 5. The maximum absolute atomic E-state index is 11.6. The minimum atomic E-state index is -3.43. The fraction of sp³-hybridized carbons (Fsp3) is 0.800. The molecule has 0 aromatic rings. The normalized spacial score (nSPS) is 16.4. The minimum Gasteiger partial charge on any atom is -0.342 e. The van der Waals surface area contributed by atoms with E-state index in [1.165, 1.54) is 6.92 Å². The molecule has 0 spiro atoms. The zero-order chi connectivity index (χ0) is 12.2. The molecule has 1 saturated heterocycles. The highest BCUT2D eigenvalue weighted by atomic mass is 32.2. The molecule has 0 aliphatic carbocycles. The second-order valence-electron chi connectivity index (χ2n) is 4.13. The van der Waals surface area contributed by atoms with Crippen molar-refractivity contribution in [3.8, 4) is 0 Å². The lowest BCUT2D eigenvalue weighted by molar-refractivity contribution is -0.127. The zero-order valence-electron chi connectivity index (χ0n) is 9.44. The SMILES string of the molecule is CC(=O)CCS(=O)(=O)CC(=O)N1CCCC1. The lowest BCUT2D eigenvalue weighted by Gasteiger charge is -2.14. The molecular weight excluding hydrogens is 230 g/mol. The Morgan fingerprint density at radius 1 is 1.19 bits per heavy atom. The summed E-state index contributed by atoms with van der Waals surface area (Å²) in [6.07, 6.45) is 1.88. The first-order valence-corrected chi connectivity index (χ1v) is 7.20. The van der Waals surface area contributed by atoms with Gasteiger partial charge in [0.05, 0.1) is 5.75 Å². The average molecular weight is 247 g/mol. The van der Waals surface area contributed by atoms with E-state index in [1.54, 1.807) is 4.90 Å². The van der Waals surface area contributed by atoms with Crippen molar-refractivity contribution in [1.82, 2.24) is 4.90 Å². The molecule has 5 nitrogen and oxygen atoms in total. The van der Waals surface area contributed by atoms with Crippen LogP contribution in [0.3, 0.4) is 0 Å². The quantitative estimate of drug-likeness (QED) is 0.685. The number of hydrogen-bond donors (Lipinski definition) is 0. The second-order valence-corrected chi connectivity index (χ2v) is 6.32. The maximum Gasteiger partial charge on any atom is 0.237 e. The summed E-state index contributed by atoms with van der Waals surface area (Å²) < 4.78 is 23.0. The van der Waals surface area contributed by atoms with E-state index in [2.05, 4.69) is 0 Å². The van der Waals surface area contributed by atoms with Gasteiger partial charge in [-0.3, -0.25) is 9.59 Å². The highest BCUT2D eigenvalue weighted by Gasteiger charge is 2.23. The van der Waals surface area contributed by atoms with Crippen molar-refractivity contribution in [2.24, 2.45) is 0 Å². The molecule has 1 heterocycles. The van der Waals surface area contributed by atoms with Crippen LogP contribution in [-0.4, -0.2) is 49.6 Å². The molecular formula is C10H17NO4S. The first kappa shape index (κ1) is 13.2. The lowest BCUT2D eigenvalue weighted by Crippen LogP contribution is -2.34. The van der Waals surface area contributed by atoms with Crippen LogP contribution in [0.1, 0.15) is 26.2 Å². The predicted octanol–water partition coefficient (Wildman–Crippen LogP) is 0.00270. The third-order valence-electron chi connectivity index (χ3n) is 2.57. The third-order valence-corrected chi connectivity index (χ3v) is 4.08. The van der Waals surface area contributed by atoms with Gasteiger partial charge in [-0.2, -0.15) is 0 Å². The summed E-state index contributed by atoms with van der Waals surface area (Å²) in [6, 6.07) is 0. The summed E-state index contributed by atoms with van der Waals surface area (Å²) in [5.74, 6) is -1.18. The van der Waals surface area contributed by atoms with Crippen molar-refractivity contribution < 1.29 is 18.0 Å². The number of ketones is 1. The highest BCUT2D eigenvalue weighted by molar-refractivity contribution is 7.92. The van der Waals surface area contributed by atoms with Gasteiger partial charge in [0.25, 0.3) is 0 Å². The Balaban J connectivity index is 2.45. The monoisotopic (exact) mass is 247 g/mol. The van der Waals surface area contributed by atoms with E-state index < -0.39 is 15.6 Å². The number of sulfone groups is 1. The average Bonchev–Trinajstić information content (AvgIpc) is 2.67. The molecule has 1 amide bonds. The minimum absolute atomic E-state index is 0.00435. The fourth-order valence-corrected chi connectivity index (χ4v) is 2.92. The highest BCUT2D eigenvalue weighted by Crippen LogP contribution is 2.08. The molecule has 1 rings (SSSR count). The number of carbonyl (C=O) groups is 2. The van der Waals surface area contributed by atoms with Gasteiger partial charge in [0.2, 0.25) is 5.91 Å². The first-order chi connectivity index (χ1) is 7.41. The van der Waals surface area contributed by atoms with Crippen molar-refractivity contribution in [2.45, 2.75) is 26.2 Å². The van der Waals surface area contributed by atoms with Gasteiger partial charge in [0.15, 0.2) is 9.84 Å². The summed E-state index contributed by atoms with van der Waals surface area (Å²) in [6.45, 7) is 2.65. The van der Waals surface area contributed by atoms with Crippen LogP contribution in [0.5, 0.6) is 0 Å². The van der Waals surface area contributed by atoms with E-state index in [1.807, 2.05) is 0 Å². The van der Waals surface area contributed by atoms with E-state index in [0.29, 0.717) is 13.1 Å². The van der Waals surface area contributed by atoms with Gasteiger partial charge in [-0.15, -0.1) is 0 Å². The number of carbonyl (C=O) groups excluding carboxylic acids is 2. The summed E-state index contributed by atoms with van der Waals surface area (Å²) in [5, 5.41) is 0. The third kappa shape index (κ3) is 4.30. The Hall–Kier alpha value is -0.910. The lowest BCUT2D eigenvalue weighted by atomic mass is 10.4. The molecule has 0 aromatic heterocycles. The zero-order valence-corrected chi connectivity index (χ0v) is 10.3. The van der Waals surface area contributed by atoms with Crippen molar-refractivity contribution in [1.29, 1.82) is 0 Å². The smallest absolute Gasteiger partial charge is 0.237 e. The molecule has 0 radical (unpaired) electrons. The predicted molar refractivity (Wildman–Crippen MR) is 59.8 cm³/mol. The van der Waals surface area contributed by atoms with Crippen molar-refractivity contribution in [2.75, 3.05) is 24.6 Å². The van der Waals surface area contributed by atoms with Gasteiger partial charge in [0.1, 0.15) is 11.5 Å². The molecule has 0 saturated carbocycles. The van der Waals surface area contributed by atoms with Crippen molar-refractivity contribution >= 4 is 21.5 Å². The summed E-state index contributed by atoms with van der Waals surface area (Å²) in [5.41, 5.74) is 0.